The average molecular weight is 452 g/mol. The standard InChI is InChI=1S/C25H18ClN7/c1-16-23(29-31-33(16)19-13-11-17(26)12-14-19)24-20(15-32(30-24)18-7-3-2-4-8-18)25-27-21-9-5-6-10-22(21)28-25/h2-15H,1H3,(H,27,28). The van der Waals surface area contributed by atoms with Gasteiger partial charge in [0.2, 0.25) is 0 Å². The maximum Gasteiger partial charge on any atom is 0.142 e. The van der Waals surface area contributed by atoms with E-state index in [9.17, 15) is 0 Å². The van der Waals surface area contributed by atoms with Crippen LogP contribution in [-0.2, 0) is 0 Å². The van der Waals surface area contributed by atoms with Crippen LogP contribution in [-0.4, -0.2) is 34.7 Å². The fraction of sp³-hybridized carbons (Fsp3) is 0.0400. The topological polar surface area (TPSA) is 77.2 Å². The van der Waals surface area contributed by atoms with E-state index in [1.807, 2.05) is 96.7 Å². The SMILES string of the molecule is Cc1c(-c2nn(-c3ccccc3)cc2-c2nc3ccccc3[nH]2)nnn1-c1ccc(Cl)cc1. The molecule has 3 aromatic carbocycles. The van der Waals surface area contributed by atoms with Gasteiger partial charge in [-0.3, -0.25) is 0 Å². The van der Waals surface area contributed by atoms with Gasteiger partial charge in [0.05, 0.1) is 33.7 Å². The van der Waals surface area contributed by atoms with Crippen molar-refractivity contribution in [3.05, 3.63) is 95.8 Å². The molecule has 3 heterocycles. The van der Waals surface area contributed by atoms with Crippen molar-refractivity contribution in [2.75, 3.05) is 0 Å². The number of hydrogen-bond donors (Lipinski definition) is 1. The van der Waals surface area contributed by atoms with Crippen LogP contribution in [0.1, 0.15) is 5.69 Å². The minimum atomic E-state index is 0.672. The number of rotatable bonds is 4. The van der Waals surface area contributed by atoms with Crippen molar-refractivity contribution < 1.29 is 0 Å². The summed E-state index contributed by atoms with van der Waals surface area (Å²) in [5, 5.41) is 14.5. The van der Waals surface area contributed by atoms with Crippen LogP contribution in [0.2, 0.25) is 5.02 Å². The van der Waals surface area contributed by atoms with E-state index in [2.05, 4.69) is 15.3 Å². The Bertz CT molecular complexity index is 1540. The summed E-state index contributed by atoms with van der Waals surface area (Å²) in [5.74, 6) is 0.730. The first-order valence-electron chi connectivity index (χ1n) is 10.5. The van der Waals surface area contributed by atoms with E-state index >= 15 is 0 Å². The summed E-state index contributed by atoms with van der Waals surface area (Å²) < 4.78 is 3.63. The van der Waals surface area contributed by atoms with Gasteiger partial charge < -0.3 is 4.98 Å². The summed E-state index contributed by atoms with van der Waals surface area (Å²) in [5.41, 5.74) is 6.80. The summed E-state index contributed by atoms with van der Waals surface area (Å²) in [4.78, 5) is 8.22. The summed E-state index contributed by atoms with van der Waals surface area (Å²) in [6.07, 6.45) is 1.98. The van der Waals surface area contributed by atoms with Gasteiger partial charge in [0.25, 0.3) is 0 Å². The second kappa shape index (κ2) is 7.72. The highest BCUT2D eigenvalue weighted by molar-refractivity contribution is 6.30. The minimum absolute atomic E-state index is 0.672. The van der Waals surface area contributed by atoms with Crippen LogP contribution in [0, 0.1) is 6.92 Å². The van der Waals surface area contributed by atoms with Crippen molar-refractivity contribution in [3.8, 4) is 34.2 Å². The number of aromatic amines is 1. The lowest BCUT2D eigenvalue weighted by molar-refractivity contribution is 0.785. The number of hydrogen-bond acceptors (Lipinski definition) is 4. The van der Waals surface area contributed by atoms with Crippen LogP contribution in [0.4, 0.5) is 0 Å². The molecule has 0 bridgehead atoms. The number of para-hydroxylation sites is 3. The number of fused-ring (bicyclic) bond motifs is 1. The van der Waals surface area contributed by atoms with Gasteiger partial charge in [-0.2, -0.15) is 5.10 Å². The van der Waals surface area contributed by atoms with E-state index in [4.69, 9.17) is 21.7 Å². The van der Waals surface area contributed by atoms with E-state index in [0.29, 0.717) is 16.4 Å². The van der Waals surface area contributed by atoms with E-state index in [0.717, 1.165) is 39.5 Å². The fourth-order valence-corrected chi connectivity index (χ4v) is 4.02. The molecule has 0 atom stereocenters. The molecule has 0 unspecified atom stereocenters. The molecular weight excluding hydrogens is 434 g/mol. The van der Waals surface area contributed by atoms with E-state index in [1.54, 1.807) is 4.68 Å². The van der Waals surface area contributed by atoms with Gasteiger partial charge in [0, 0.05) is 11.2 Å². The molecule has 0 fully saturated rings. The highest BCUT2D eigenvalue weighted by Gasteiger charge is 2.22. The Morgan fingerprint density at radius 3 is 2.36 bits per heavy atom. The molecule has 33 heavy (non-hydrogen) atoms. The second-order valence-electron chi connectivity index (χ2n) is 7.69. The zero-order valence-electron chi connectivity index (χ0n) is 17.6. The molecule has 7 nitrogen and oxygen atoms in total. The molecule has 6 rings (SSSR count). The molecule has 0 aliphatic rings. The first-order chi connectivity index (χ1) is 16.2. The summed E-state index contributed by atoms with van der Waals surface area (Å²) in [6, 6.07) is 25.4. The van der Waals surface area contributed by atoms with E-state index in [1.165, 1.54) is 0 Å². The third kappa shape index (κ3) is 3.39. The molecule has 0 aliphatic heterocycles. The predicted molar refractivity (Wildman–Crippen MR) is 129 cm³/mol. The lowest BCUT2D eigenvalue weighted by Crippen LogP contribution is -1.99. The molecule has 3 aromatic heterocycles. The maximum atomic E-state index is 6.05. The quantitative estimate of drug-likeness (QED) is 0.377. The third-order valence-corrected chi connectivity index (χ3v) is 5.82. The number of nitrogens with one attached hydrogen (secondary N) is 1. The van der Waals surface area contributed by atoms with E-state index in [-0.39, 0.29) is 0 Å². The Hall–Kier alpha value is -4.23. The molecule has 0 aliphatic carbocycles. The Morgan fingerprint density at radius 1 is 0.818 bits per heavy atom. The molecule has 0 radical (unpaired) electrons. The first kappa shape index (κ1) is 19.5. The highest BCUT2D eigenvalue weighted by Crippen LogP contribution is 2.33. The predicted octanol–water partition coefficient (Wildman–Crippen LogP) is 5.63. The highest BCUT2D eigenvalue weighted by atomic mass is 35.5. The van der Waals surface area contributed by atoms with Crippen molar-refractivity contribution >= 4 is 22.6 Å². The molecule has 0 amide bonds. The van der Waals surface area contributed by atoms with Crippen LogP contribution in [0.15, 0.2) is 85.1 Å². The first-order valence-corrected chi connectivity index (χ1v) is 10.8. The monoisotopic (exact) mass is 451 g/mol. The fourth-order valence-electron chi connectivity index (χ4n) is 3.89. The average Bonchev–Trinajstić information content (AvgIpc) is 3.56. The van der Waals surface area contributed by atoms with Gasteiger partial charge in [0.15, 0.2) is 0 Å². The lowest BCUT2D eigenvalue weighted by Gasteiger charge is -2.03. The number of benzene rings is 3. The van der Waals surface area contributed by atoms with Gasteiger partial charge in [0.1, 0.15) is 17.2 Å². The molecule has 1 N–H and O–H groups in total. The van der Waals surface area contributed by atoms with Gasteiger partial charge in [-0.25, -0.2) is 14.3 Å². The van der Waals surface area contributed by atoms with Crippen molar-refractivity contribution in [1.82, 2.24) is 34.7 Å². The Kier molecular flexibility index (Phi) is 4.55. The van der Waals surface area contributed by atoms with E-state index < -0.39 is 0 Å². The van der Waals surface area contributed by atoms with Gasteiger partial charge in [-0.05, 0) is 55.5 Å². The summed E-state index contributed by atoms with van der Waals surface area (Å²) >= 11 is 6.05. The summed E-state index contributed by atoms with van der Waals surface area (Å²) in [6.45, 7) is 1.98. The zero-order chi connectivity index (χ0) is 22.4. The van der Waals surface area contributed by atoms with Crippen LogP contribution in [0.25, 0.3) is 45.2 Å². The smallest absolute Gasteiger partial charge is 0.142 e. The molecular formula is C25H18ClN7. The number of aromatic nitrogens is 7. The molecule has 160 valence electrons. The molecule has 0 saturated heterocycles. The lowest BCUT2D eigenvalue weighted by atomic mass is 10.1. The molecule has 0 spiro atoms. The van der Waals surface area contributed by atoms with Crippen LogP contribution >= 0.6 is 11.6 Å². The maximum absolute atomic E-state index is 6.05. The number of halogens is 1. The van der Waals surface area contributed by atoms with Gasteiger partial charge >= 0.3 is 0 Å². The van der Waals surface area contributed by atoms with Crippen molar-refractivity contribution in [3.63, 3.8) is 0 Å². The molecule has 0 saturated carbocycles. The zero-order valence-corrected chi connectivity index (χ0v) is 18.4. The number of H-pyrrole nitrogens is 1. The van der Waals surface area contributed by atoms with Crippen molar-refractivity contribution in [2.24, 2.45) is 0 Å². The Morgan fingerprint density at radius 2 is 1.58 bits per heavy atom. The van der Waals surface area contributed by atoms with Gasteiger partial charge in [-0.15, -0.1) is 5.10 Å². The Labute approximate surface area is 194 Å². The second-order valence-corrected chi connectivity index (χ2v) is 8.12. The third-order valence-electron chi connectivity index (χ3n) is 5.57. The van der Waals surface area contributed by atoms with Crippen molar-refractivity contribution in [2.45, 2.75) is 6.92 Å². The van der Waals surface area contributed by atoms with Crippen LogP contribution in [0.5, 0.6) is 0 Å². The largest absolute Gasteiger partial charge is 0.338 e. The number of nitrogens with zero attached hydrogens (tertiary/aromatic N) is 6. The normalized spacial score (nSPS) is 11.3. The van der Waals surface area contributed by atoms with Crippen LogP contribution < -0.4 is 0 Å². The van der Waals surface area contributed by atoms with Gasteiger partial charge in [-0.1, -0.05) is 47.1 Å². The summed E-state index contributed by atoms with van der Waals surface area (Å²) in [7, 11) is 0. The minimum Gasteiger partial charge on any atom is -0.338 e. The molecule has 6 aromatic rings. The van der Waals surface area contributed by atoms with Crippen LogP contribution in [0.3, 0.4) is 0 Å². The Balaban J connectivity index is 1.54. The molecule has 8 heteroatoms. The number of imidazole rings is 1. The van der Waals surface area contributed by atoms with Crippen molar-refractivity contribution in [1.29, 1.82) is 0 Å².